The van der Waals surface area contributed by atoms with Crippen molar-refractivity contribution in [1.29, 1.82) is 0 Å². The van der Waals surface area contributed by atoms with Crippen molar-refractivity contribution < 1.29 is 14.3 Å². The number of benzene rings is 1. The Labute approximate surface area is 267 Å². The van der Waals surface area contributed by atoms with Crippen molar-refractivity contribution >= 4 is 17.4 Å². The normalized spacial score (nSPS) is 40.6. The van der Waals surface area contributed by atoms with Gasteiger partial charge in [0.15, 0.2) is 0 Å². The molecule has 0 heterocycles. The summed E-state index contributed by atoms with van der Waals surface area (Å²) >= 11 is 0. The molecule has 0 aromatic heterocycles. The Balaban J connectivity index is 1.27. The molecule has 5 aliphatic carbocycles. The number of hydrogen-bond acceptors (Lipinski definition) is 4. The molecule has 7 unspecified atom stereocenters. The van der Waals surface area contributed by atoms with Gasteiger partial charge in [-0.25, -0.2) is 4.79 Å². The van der Waals surface area contributed by atoms with Crippen LogP contribution < -0.4 is 5.32 Å². The first-order valence-electron chi connectivity index (χ1n) is 17.6. The van der Waals surface area contributed by atoms with Crippen molar-refractivity contribution in [3.05, 3.63) is 41.5 Å². The lowest BCUT2D eigenvalue weighted by molar-refractivity contribution is -0.217. The van der Waals surface area contributed by atoms with Crippen LogP contribution in [-0.2, 0) is 9.53 Å². The molecule has 0 spiro atoms. The molecule has 5 nitrogen and oxygen atoms in total. The van der Waals surface area contributed by atoms with Gasteiger partial charge >= 0.3 is 5.97 Å². The monoisotopic (exact) mass is 602 g/mol. The average Bonchev–Trinajstić information content (AvgIpc) is 3.39. The number of rotatable bonds is 6. The van der Waals surface area contributed by atoms with Crippen LogP contribution in [0.15, 0.2) is 30.3 Å². The molecule has 0 radical (unpaired) electrons. The summed E-state index contributed by atoms with van der Waals surface area (Å²) in [5.41, 5.74) is 4.27. The van der Waals surface area contributed by atoms with Gasteiger partial charge in [0.1, 0.15) is 0 Å². The lowest BCUT2D eigenvalue weighted by Gasteiger charge is -2.72. The Bertz CT molecular complexity index is 1310. The van der Waals surface area contributed by atoms with Crippen molar-refractivity contribution in [3.63, 3.8) is 0 Å². The molecule has 5 heteroatoms. The van der Waals surface area contributed by atoms with Crippen molar-refractivity contribution in [2.24, 2.45) is 45.3 Å². The Kier molecular flexibility index (Phi) is 7.95. The minimum absolute atomic E-state index is 0.0196. The summed E-state index contributed by atoms with van der Waals surface area (Å²) in [7, 11) is 5.55. The molecule has 44 heavy (non-hydrogen) atoms. The van der Waals surface area contributed by atoms with Crippen molar-refractivity contribution in [1.82, 2.24) is 10.2 Å². The first-order chi connectivity index (χ1) is 20.7. The summed E-state index contributed by atoms with van der Waals surface area (Å²) in [4.78, 5) is 27.4. The molecule has 6 rings (SSSR count). The van der Waals surface area contributed by atoms with Gasteiger partial charge < -0.3 is 15.0 Å². The average molecular weight is 603 g/mol. The van der Waals surface area contributed by atoms with Crippen LogP contribution in [-0.4, -0.2) is 50.1 Å². The fourth-order valence-corrected chi connectivity index (χ4v) is 12.5. The number of nitrogens with one attached hydrogen (secondary N) is 1. The van der Waals surface area contributed by atoms with E-state index in [-0.39, 0.29) is 28.2 Å². The smallest absolute Gasteiger partial charge is 0.337 e. The molecule has 1 N–H and O–H groups in total. The van der Waals surface area contributed by atoms with E-state index in [4.69, 9.17) is 4.74 Å². The van der Waals surface area contributed by atoms with E-state index in [9.17, 15) is 9.59 Å². The highest BCUT2D eigenvalue weighted by Crippen LogP contribution is 2.76. The Morgan fingerprint density at radius 2 is 1.59 bits per heavy atom. The minimum atomic E-state index is -0.277. The lowest BCUT2D eigenvalue weighted by Crippen LogP contribution is -2.67. The van der Waals surface area contributed by atoms with E-state index in [1.165, 1.54) is 69.6 Å². The van der Waals surface area contributed by atoms with Crippen LogP contribution >= 0.6 is 0 Å². The van der Waals surface area contributed by atoms with Gasteiger partial charge in [0, 0.05) is 18.5 Å². The van der Waals surface area contributed by atoms with Crippen LogP contribution in [0.4, 0.5) is 0 Å². The van der Waals surface area contributed by atoms with Gasteiger partial charge in [0.05, 0.1) is 12.7 Å². The van der Waals surface area contributed by atoms with Gasteiger partial charge in [-0.1, -0.05) is 59.2 Å². The van der Waals surface area contributed by atoms with E-state index < -0.39 is 0 Å². The zero-order chi connectivity index (χ0) is 31.7. The quantitative estimate of drug-likeness (QED) is 0.334. The summed E-state index contributed by atoms with van der Waals surface area (Å²) in [5, 5.41) is 3.68. The number of nitrogens with zero attached hydrogens (tertiary/aromatic N) is 1. The van der Waals surface area contributed by atoms with Gasteiger partial charge in [0.25, 0.3) is 0 Å². The fourth-order valence-electron chi connectivity index (χ4n) is 12.5. The molecular formula is C39H58N2O3. The second-order valence-corrected chi connectivity index (χ2v) is 17.0. The van der Waals surface area contributed by atoms with Gasteiger partial charge in [0.2, 0.25) is 5.91 Å². The predicted octanol–water partition coefficient (Wildman–Crippen LogP) is 8.14. The molecule has 1 aromatic rings. The SMILES string of the molecule is COC(=O)c1ccc(C2=CCC3(C)C(CCC4(C)C3CCC3C5CCCC5(NC(=O)CCN(C)C)CC[C@]34C)C2(C)C)cc1. The largest absolute Gasteiger partial charge is 0.465 e. The molecule has 4 fully saturated rings. The van der Waals surface area contributed by atoms with Crippen LogP contribution in [0.3, 0.4) is 0 Å². The van der Waals surface area contributed by atoms with Crippen LogP contribution in [0, 0.1) is 45.3 Å². The molecule has 5 aliphatic rings. The third-order valence-corrected chi connectivity index (χ3v) is 14.7. The number of carbonyl (C=O) groups is 2. The Morgan fingerprint density at radius 3 is 2.27 bits per heavy atom. The molecule has 0 aliphatic heterocycles. The third kappa shape index (κ3) is 4.64. The second kappa shape index (κ2) is 11.0. The van der Waals surface area contributed by atoms with Crippen LogP contribution in [0.25, 0.3) is 5.57 Å². The van der Waals surface area contributed by atoms with E-state index in [1.807, 2.05) is 12.1 Å². The fraction of sp³-hybridized carbons (Fsp3) is 0.744. The summed E-state index contributed by atoms with van der Waals surface area (Å²) in [6, 6.07) is 8.08. The molecule has 8 atom stereocenters. The van der Waals surface area contributed by atoms with Crippen molar-refractivity contribution in [2.45, 2.75) is 111 Å². The highest BCUT2D eigenvalue weighted by Gasteiger charge is 2.69. The maximum Gasteiger partial charge on any atom is 0.337 e. The van der Waals surface area contributed by atoms with E-state index in [2.05, 4.69) is 77.1 Å². The molecule has 242 valence electrons. The number of methoxy groups -OCH3 is 1. The standard InChI is InChI=1S/C39H58N2O3/c1-35(2)28(26-11-13-27(14-12-26)34(43)44-8)17-21-36(3)31(35)18-22-38(5)32(36)16-15-29-30-10-9-20-39(30,24-23-37(29,38)4)40-33(42)19-25-41(6)7/h11-14,17,29-32H,9-10,15-16,18-25H2,1-8H3,(H,40,42)/t29?,30?,31?,32?,36?,37-,38?,39?/m1/s1. The van der Waals surface area contributed by atoms with Gasteiger partial charge in [-0.15, -0.1) is 0 Å². The predicted molar refractivity (Wildman–Crippen MR) is 178 cm³/mol. The Hall–Kier alpha value is -2.14. The summed E-state index contributed by atoms with van der Waals surface area (Å²) in [5.74, 6) is 2.63. The van der Waals surface area contributed by atoms with Gasteiger partial charge in [-0.05, 0) is 140 Å². The summed E-state index contributed by atoms with van der Waals surface area (Å²) < 4.78 is 4.94. The van der Waals surface area contributed by atoms with Crippen LogP contribution in [0.2, 0.25) is 0 Å². The highest BCUT2D eigenvalue weighted by molar-refractivity contribution is 5.90. The highest BCUT2D eigenvalue weighted by atomic mass is 16.5. The number of amides is 1. The molecular weight excluding hydrogens is 544 g/mol. The number of ether oxygens (including phenoxy) is 1. The number of hydrogen-bond donors (Lipinski definition) is 1. The first kappa shape index (κ1) is 31.8. The van der Waals surface area contributed by atoms with E-state index >= 15 is 0 Å². The van der Waals surface area contributed by atoms with E-state index in [0.717, 1.165) is 19.4 Å². The van der Waals surface area contributed by atoms with Crippen LogP contribution in [0.1, 0.15) is 121 Å². The third-order valence-electron chi connectivity index (χ3n) is 14.7. The second-order valence-electron chi connectivity index (χ2n) is 17.0. The van der Waals surface area contributed by atoms with Gasteiger partial charge in [-0.2, -0.15) is 0 Å². The number of fused-ring (bicyclic) bond motifs is 7. The topological polar surface area (TPSA) is 58.6 Å². The lowest BCUT2D eigenvalue weighted by atomic mass is 9.33. The molecule has 4 saturated carbocycles. The maximum absolute atomic E-state index is 13.2. The molecule has 1 aromatic carbocycles. The summed E-state index contributed by atoms with van der Waals surface area (Å²) in [6.45, 7) is 13.8. The van der Waals surface area contributed by atoms with Crippen molar-refractivity contribution in [3.8, 4) is 0 Å². The number of allylic oxidation sites excluding steroid dienone is 2. The number of esters is 1. The zero-order valence-corrected chi connectivity index (χ0v) is 28.9. The van der Waals surface area contributed by atoms with E-state index in [1.54, 1.807) is 0 Å². The zero-order valence-electron chi connectivity index (χ0n) is 28.9. The molecule has 0 saturated heterocycles. The van der Waals surface area contributed by atoms with Crippen molar-refractivity contribution in [2.75, 3.05) is 27.7 Å². The Morgan fingerprint density at radius 1 is 0.864 bits per heavy atom. The van der Waals surface area contributed by atoms with Gasteiger partial charge in [-0.3, -0.25) is 4.79 Å². The molecule has 0 bridgehead atoms. The van der Waals surface area contributed by atoms with Crippen LogP contribution in [0.5, 0.6) is 0 Å². The molecule has 1 amide bonds. The first-order valence-corrected chi connectivity index (χ1v) is 17.6. The minimum Gasteiger partial charge on any atom is -0.465 e. The maximum atomic E-state index is 13.2. The van der Waals surface area contributed by atoms with E-state index in [0.29, 0.717) is 46.5 Å². The number of carbonyl (C=O) groups excluding carboxylic acids is 2. The summed E-state index contributed by atoms with van der Waals surface area (Å²) in [6.07, 6.45) is 15.6.